The fourth-order valence-electron chi connectivity index (χ4n) is 4.57. The Kier molecular flexibility index (Phi) is 8.27. The molecule has 3 aromatic rings. The lowest BCUT2D eigenvalue weighted by Gasteiger charge is -2.38. The number of halogens is 6. The minimum atomic E-state index is -4.83. The average Bonchev–Trinajstić information content (AvgIpc) is 2.89. The smallest absolute Gasteiger partial charge is 0.416 e. The van der Waals surface area contributed by atoms with Crippen molar-refractivity contribution in [2.75, 3.05) is 24.6 Å². The Balaban J connectivity index is 1.87. The van der Waals surface area contributed by atoms with E-state index in [1.165, 1.54) is 32.2 Å². The van der Waals surface area contributed by atoms with Gasteiger partial charge in [0, 0.05) is 19.1 Å². The molecule has 0 fully saturated rings. The topological polar surface area (TPSA) is 93.1 Å². The molecule has 0 amide bonds. The molecule has 0 radical (unpaired) electrons. The summed E-state index contributed by atoms with van der Waals surface area (Å²) in [7, 11) is -3.43. The second-order valence-electron chi connectivity index (χ2n) is 9.74. The molecule has 0 aliphatic carbocycles. The van der Waals surface area contributed by atoms with Crippen LogP contribution in [0, 0.1) is 17.0 Å². The van der Waals surface area contributed by atoms with Gasteiger partial charge in [0.2, 0.25) is 0 Å². The van der Waals surface area contributed by atoms with Crippen molar-refractivity contribution in [3.05, 3.63) is 76.8 Å². The number of fused-ring (bicyclic) bond motifs is 1. The highest BCUT2D eigenvalue weighted by molar-refractivity contribution is 7.92. The van der Waals surface area contributed by atoms with Crippen LogP contribution in [0.15, 0.2) is 59.5 Å². The van der Waals surface area contributed by atoms with Gasteiger partial charge in [0.05, 0.1) is 39.7 Å². The van der Waals surface area contributed by atoms with Crippen LogP contribution in [0.1, 0.15) is 18.9 Å². The van der Waals surface area contributed by atoms with Crippen LogP contribution in [0.2, 0.25) is 5.02 Å². The van der Waals surface area contributed by atoms with E-state index in [9.17, 15) is 40.3 Å². The normalized spacial score (nSPS) is 17.0. The minimum Gasteiger partial charge on any atom is -0.486 e. The number of hydrogen-bond acceptors (Lipinski definition) is 5. The van der Waals surface area contributed by atoms with Gasteiger partial charge in [0.25, 0.3) is 10.0 Å². The summed E-state index contributed by atoms with van der Waals surface area (Å²) in [5.41, 5.74) is -3.19. The summed E-state index contributed by atoms with van der Waals surface area (Å²) in [5, 5.41) is 9.26. The van der Waals surface area contributed by atoms with Crippen LogP contribution in [0.5, 0.6) is 5.75 Å². The van der Waals surface area contributed by atoms with Gasteiger partial charge in [-0.05, 0) is 55.0 Å². The molecular formula is C27H23ClF5NO6S. The van der Waals surface area contributed by atoms with Crippen molar-refractivity contribution in [1.29, 1.82) is 0 Å². The highest BCUT2D eigenvalue weighted by Gasteiger charge is 2.42. The molecule has 1 N–H and O–H groups in total. The number of nitrogens with zero attached hydrogens (tertiary/aromatic N) is 1. The summed E-state index contributed by atoms with van der Waals surface area (Å²) >= 11 is 5.78. The number of carboxylic acids is 1. The van der Waals surface area contributed by atoms with Crippen LogP contribution in [0.25, 0.3) is 11.1 Å². The molecule has 1 heterocycles. The van der Waals surface area contributed by atoms with Crippen LogP contribution in [-0.4, -0.2) is 45.9 Å². The van der Waals surface area contributed by atoms with Crippen LogP contribution in [-0.2, 0) is 25.7 Å². The van der Waals surface area contributed by atoms with Gasteiger partial charge in [0.15, 0.2) is 0 Å². The summed E-state index contributed by atoms with van der Waals surface area (Å²) < 4.78 is 108. The molecule has 2 atom stereocenters. The second-order valence-corrected chi connectivity index (χ2v) is 12.0. The highest BCUT2D eigenvalue weighted by Crippen LogP contribution is 2.43. The SMILES string of the molecule is COC[C@](C)(C[C@H]1CN(S(=O)(=O)c2cccc(C(F)(F)F)c2)c2cc(-c3cc(F)cc(Cl)c3F)ccc2O1)C(=O)O. The summed E-state index contributed by atoms with van der Waals surface area (Å²) in [6.45, 7) is 0.630. The van der Waals surface area contributed by atoms with Gasteiger partial charge in [0.1, 0.15) is 23.5 Å². The van der Waals surface area contributed by atoms with Crippen LogP contribution >= 0.6 is 11.6 Å². The Hall–Kier alpha value is -3.42. The van der Waals surface area contributed by atoms with Gasteiger partial charge in [-0.25, -0.2) is 17.2 Å². The van der Waals surface area contributed by atoms with Crippen molar-refractivity contribution in [1.82, 2.24) is 0 Å². The number of aliphatic carboxylic acids is 1. The third-order valence-electron chi connectivity index (χ3n) is 6.60. The number of carbonyl (C=O) groups is 1. The first kappa shape index (κ1) is 30.5. The Labute approximate surface area is 237 Å². The van der Waals surface area contributed by atoms with Gasteiger partial charge in [-0.3, -0.25) is 9.10 Å². The molecule has 220 valence electrons. The zero-order chi connectivity index (χ0) is 30.3. The fourth-order valence-corrected chi connectivity index (χ4v) is 6.32. The van der Waals surface area contributed by atoms with Gasteiger partial charge in [-0.1, -0.05) is 23.7 Å². The molecular weight excluding hydrogens is 597 g/mol. The van der Waals surface area contributed by atoms with Crippen LogP contribution < -0.4 is 9.04 Å². The molecule has 14 heteroatoms. The zero-order valence-electron chi connectivity index (χ0n) is 21.5. The minimum absolute atomic E-state index is 0.00343. The average molecular weight is 620 g/mol. The van der Waals surface area contributed by atoms with E-state index >= 15 is 0 Å². The number of anilines is 1. The summed E-state index contributed by atoms with van der Waals surface area (Å²) in [6, 6.07) is 8.49. The molecule has 1 aliphatic heterocycles. The predicted molar refractivity (Wildman–Crippen MR) is 139 cm³/mol. The van der Waals surface area contributed by atoms with E-state index in [0.717, 1.165) is 28.6 Å². The van der Waals surface area contributed by atoms with Gasteiger partial charge >= 0.3 is 12.1 Å². The largest absolute Gasteiger partial charge is 0.486 e. The van der Waals surface area contributed by atoms with Crippen molar-refractivity contribution in [2.45, 2.75) is 30.5 Å². The number of methoxy groups -OCH3 is 1. The standard InChI is InChI=1S/C27H23ClF5NO6S/c1-26(14-39-2,25(35)36)12-18-13-34(41(37,38)19-5-3-4-16(9-19)27(31,32)33)22-8-15(6-7-23(22)40-18)20-10-17(29)11-21(28)24(20)30/h3-11,18H,12-14H2,1-2H3,(H,35,36)/t18-,26-/m0/s1. The first-order chi connectivity index (χ1) is 19.1. The Morgan fingerprint density at radius 2 is 1.85 bits per heavy atom. The second kappa shape index (κ2) is 11.1. The molecule has 0 bridgehead atoms. The van der Waals surface area contributed by atoms with Crippen molar-refractivity contribution < 1.29 is 49.7 Å². The maximum absolute atomic E-state index is 14.8. The Morgan fingerprint density at radius 3 is 2.49 bits per heavy atom. The Bertz CT molecular complexity index is 1600. The van der Waals surface area contributed by atoms with E-state index in [0.29, 0.717) is 12.1 Å². The number of sulfonamides is 1. The number of benzene rings is 3. The van der Waals surface area contributed by atoms with Crippen LogP contribution in [0.3, 0.4) is 0 Å². The molecule has 7 nitrogen and oxygen atoms in total. The van der Waals surface area contributed by atoms with Crippen molar-refractivity contribution in [2.24, 2.45) is 5.41 Å². The number of hydrogen-bond donors (Lipinski definition) is 1. The number of ether oxygens (including phenoxy) is 2. The van der Waals surface area contributed by atoms with E-state index in [-0.39, 0.29) is 35.6 Å². The lowest BCUT2D eigenvalue weighted by molar-refractivity contribution is -0.153. The van der Waals surface area contributed by atoms with Gasteiger partial charge < -0.3 is 14.6 Å². The highest BCUT2D eigenvalue weighted by atomic mass is 35.5. The quantitative estimate of drug-likeness (QED) is 0.232. The van der Waals surface area contributed by atoms with Crippen molar-refractivity contribution >= 4 is 33.3 Å². The third-order valence-corrected chi connectivity index (χ3v) is 8.65. The van der Waals surface area contributed by atoms with Gasteiger partial charge in [-0.15, -0.1) is 0 Å². The predicted octanol–water partition coefficient (Wildman–Crippen LogP) is 6.39. The fraction of sp³-hybridized carbons (Fsp3) is 0.296. The Morgan fingerprint density at radius 1 is 1.15 bits per heavy atom. The molecule has 0 aromatic heterocycles. The van der Waals surface area contributed by atoms with Crippen molar-refractivity contribution in [3.63, 3.8) is 0 Å². The number of alkyl halides is 3. The summed E-state index contributed by atoms with van der Waals surface area (Å²) in [4.78, 5) is 11.3. The molecule has 1 aliphatic rings. The molecule has 4 rings (SSSR count). The molecule has 41 heavy (non-hydrogen) atoms. The summed E-state index contributed by atoms with van der Waals surface area (Å²) in [6.07, 6.45) is -6.15. The molecule has 0 spiro atoms. The molecule has 3 aromatic carbocycles. The maximum atomic E-state index is 14.8. The van der Waals surface area contributed by atoms with E-state index in [1.807, 2.05) is 0 Å². The van der Waals surface area contributed by atoms with Crippen LogP contribution in [0.4, 0.5) is 27.6 Å². The molecule has 0 saturated heterocycles. The molecule has 0 unspecified atom stereocenters. The number of carboxylic acid groups (broad SMARTS) is 1. The van der Waals surface area contributed by atoms with E-state index in [4.69, 9.17) is 21.1 Å². The molecule has 0 saturated carbocycles. The van der Waals surface area contributed by atoms with Crippen molar-refractivity contribution in [3.8, 4) is 16.9 Å². The lowest BCUT2D eigenvalue weighted by Crippen LogP contribution is -2.47. The van der Waals surface area contributed by atoms with Gasteiger partial charge in [-0.2, -0.15) is 13.2 Å². The monoisotopic (exact) mass is 619 g/mol. The van der Waals surface area contributed by atoms with E-state index in [1.54, 1.807) is 0 Å². The lowest BCUT2D eigenvalue weighted by atomic mass is 9.85. The first-order valence-electron chi connectivity index (χ1n) is 11.9. The summed E-state index contributed by atoms with van der Waals surface area (Å²) in [5.74, 6) is -3.16. The number of rotatable bonds is 8. The maximum Gasteiger partial charge on any atom is 0.416 e. The van der Waals surface area contributed by atoms with E-state index in [2.05, 4.69) is 0 Å². The zero-order valence-corrected chi connectivity index (χ0v) is 23.1. The first-order valence-corrected chi connectivity index (χ1v) is 13.8. The van der Waals surface area contributed by atoms with E-state index < -0.39 is 67.3 Å². The third kappa shape index (κ3) is 6.11.